The van der Waals surface area contributed by atoms with E-state index in [9.17, 15) is 4.79 Å². The monoisotopic (exact) mass is 323 g/mol. The van der Waals surface area contributed by atoms with Gasteiger partial charge in [0.15, 0.2) is 11.6 Å². The number of carbonyl (C=O) groups is 1. The van der Waals surface area contributed by atoms with Crippen LogP contribution in [0.2, 0.25) is 0 Å². The molecule has 24 heavy (non-hydrogen) atoms. The number of aryl methyl sites for hydroxylation is 3. The van der Waals surface area contributed by atoms with Crippen molar-refractivity contribution in [3.63, 3.8) is 0 Å². The van der Waals surface area contributed by atoms with Crippen LogP contribution in [0, 0.1) is 6.92 Å². The van der Waals surface area contributed by atoms with Crippen molar-refractivity contribution in [1.82, 2.24) is 24.9 Å². The van der Waals surface area contributed by atoms with Crippen molar-refractivity contribution < 1.29 is 9.32 Å². The highest BCUT2D eigenvalue weighted by Crippen LogP contribution is 2.37. The number of ketones is 1. The molecule has 0 radical (unpaired) electrons. The fourth-order valence-corrected chi connectivity index (χ4v) is 3.34. The largest absolute Gasteiger partial charge is 0.339 e. The van der Waals surface area contributed by atoms with E-state index >= 15 is 0 Å². The van der Waals surface area contributed by atoms with Crippen molar-refractivity contribution in [3.05, 3.63) is 47.4 Å². The van der Waals surface area contributed by atoms with Gasteiger partial charge in [-0.2, -0.15) is 10.1 Å². The SMILES string of the molecule is Cc1nc(-c2ccc3c(c2)CCC3CC(=O)c2ncnn2C)no1. The number of carbonyl (C=O) groups excluding carboxylic acids is 1. The summed E-state index contributed by atoms with van der Waals surface area (Å²) in [6.07, 6.45) is 3.79. The van der Waals surface area contributed by atoms with E-state index in [1.54, 1.807) is 14.0 Å². The molecule has 1 atom stereocenters. The fraction of sp³-hybridized carbons (Fsp3) is 0.353. The van der Waals surface area contributed by atoms with Crippen LogP contribution in [0.4, 0.5) is 0 Å². The van der Waals surface area contributed by atoms with Gasteiger partial charge >= 0.3 is 0 Å². The first-order chi connectivity index (χ1) is 11.6. The van der Waals surface area contributed by atoms with E-state index in [0.717, 1.165) is 18.4 Å². The first kappa shape index (κ1) is 14.7. The third-order valence-corrected chi connectivity index (χ3v) is 4.52. The number of hydrogen-bond donors (Lipinski definition) is 0. The highest BCUT2D eigenvalue weighted by Gasteiger charge is 2.27. The lowest BCUT2D eigenvalue weighted by Crippen LogP contribution is -2.11. The lowest BCUT2D eigenvalue weighted by Gasteiger charge is -2.10. The molecule has 0 amide bonds. The van der Waals surface area contributed by atoms with Gasteiger partial charge < -0.3 is 4.52 Å². The van der Waals surface area contributed by atoms with Gasteiger partial charge in [0.05, 0.1) is 0 Å². The molecule has 1 aromatic carbocycles. The Balaban J connectivity index is 1.56. The molecular formula is C17H17N5O2. The van der Waals surface area contributed by atoms with Crippen LogP contribution in [0.5, 0.6) is 0 Å². The zero-order valence-electron chi connectivity index (χ0n) is 13.6. The molecule has 0 spiro atoms. The summed E-state index contributed by atoms with van der Waals surface area (Å²) >= 11 is 0. The molecule has 0 saturated carbocycles. The molecular weight excluding hydrogens is 306 g/mol. The van der Waals surface area contributed by atoms with Gasteiger partial charge in [-0.3, -0.25) is 4.79 Å². The Morgan fingerprint density at radius 2 is 2.29 bits per heavy atom. The van der Waals surface area contributed by atoms with E-state index in [2.05, 4.69) is 32.4 Å². The van der Waals surface area contributed by atoms with E-state index in [4.69, 9.17) is 4.52 Å². The molecule has 0 bridgehead atoms. The molecule has 0 saturated heterocycles. The fourth-order valence-electron chi connectivity index (χ4n) is 3.34. The van der Waals surface area contributed by atoms with Crippen molar-refractivity contribution in [2.24, 2.45) is 7.05 Å². The Morgan fingerprint density at radius 3 is 3.00 bits per heavy atom. The van der Waals surface area contributed by atoms with Gasteiger partial charge in [0.2, 0.25) is 11.7 Å². The molecule has 7 heteroatoms. The van der Waals surface area contributed by atoms with E-state index < -0.39 is 0 Å². The molecule has 1 aliphatic rings. The summed E-state index contributed by atoms with van der Waals surface area (Å²) in [6, 6.07) is 6.18. The first-order valence-corrected chi connectivity index (χ1v) is 7.92. The summed E-state index contributed by atoms with van der Waals surface area (Å²) in [5, 5.41) is 7.93. The van der Waals surface area contributed by atoms with Crippen molar-refractivity contribution in [1.29, 1.82) is 0 Å². The number of fused-ring (bicyclic) bond motifs is 1. The minimum Gasteiger partial charge on any atom is -0.339 e. The highest BCUT2D eigenvalue weighted by atomic mass is 16.5. The lowest BCUT2D eigenvalue weighted by atomic mass is 9.94. The zero-order valence-corrected chi connectivity index (χ0v) is 13.6. The molecule has 0 aliphatic heterocycles. The maximum absolute atomic E-state index is 12.4. The van der Waals surface area contributed by atoms with Crippen LogP contribution < -0.4 is 0 Å². The van der Waals surface area contributed by atoms with Gasteiger partial charge in [0.1, 0.15) is 6.33 Å². The molecule has 122 valence electrons. The van der Waals surface area contributed by atoms with Crippen LogP contribution in [0.15, 0.2) is 29.0 Å². The quantitative estimate of drug-likeness (QED) is 0.686. The van der Waals surface area contributed by atoms with Gasteiger partial charge in [0.25, 0.3) is 0 Å². The maximum atomic E-state index is 12.4. The second-order valence-corrected chi connectivity index (χ2v) is 6.12. The predicted octanol–water partition coefficient (Wildman–Crippen LogP) is 2.48. The summed E-state index contributed by atoms with van der Waals surface area (Å²) in [5.41, 5.74) is 3.44. The topological polar surface area (TPSA) is 86.7 Å². The standard InChI is InChI=1S/C17H17N5O2/c1-10-20-16(21-24-10)13-5-6-14-11(7-13)3-4-12(14)8-15(23)17-18-9-19-22(17)2/h5-7,9,12H,3-4,8H2,1-2H3. The molecule has 0 N–H and O–H groups in total. The van der Waals surface area contributed by atoms with Gasteiger partial charge in [0, 0.05) is 26.0 Å². The molecule has 1 unspecified atom stereocenters. The molecule has 3 aromatic rings. The van der Waals surface area contributed by atoms with Crippen LogP contribution in [-0.4, -0.2) is 30.7 Å². The summed E-state index contributed by atoms with van der Waals surface area (Å²) in [7, 11) is 1.74. The minimum absolute atomic E-state index is 0.0331. The van der Waals surface area contributed by atoms with Crippen molar-refractivity contribution in [2.45, 2.75) is 32.1 Å². The van der Waals surface area contributed by atoms with E-state index in [1.165, 1.54) is 22.1 Å². The molecule has 7 nitrogen and oxygen atoms in total. The van der Waals surface area contributed by atoms with Crippen LogP contribution >= 0.6 is 0 Å². The van der Waals surface area contributed by atoms with Crippen LogP contribution in [0.25, 0.3) is 11.4 Å². The van der Waals surface area contributed by atoms with E-state index in [0.29, 0.717) is 24.0 Å². The van der Waals surface area contributed by atoms with Gasteiger partial charge in [-0.05, 0) is 36.0 Å². The molecule has 0 fully saturated rings. The van der Waals surface area contributed by atoms with Crippen LogP contribution in [0.3, 0.4) is 0 Å². The normalized spacial score (nSPS) is 16.3. The average molecular weight is 323 g/mol. The second-order valence-electron chi connectivity index (χ2n) is 6.12. The van der Waals surface area contributed by atoms with E-state index in [1.807, 2.05) is 6.07 Å². The Bertz CT molecular complexity index is 911. The smallest absolute Gasteiger partial charge is 0.223 e. The van der Waals surface area contributed by atoms with Crippen LogP contribution in [-0.2, 0) is 13.5 Å². The molecule has 1 aliphatic carbocycles. The van der Waals surface area contributed by atoms with Crippen molar-refractivity contribution >= 4 is 5.78 Å². The number of hydrogen-bond acceptors (Lipinski definition) is 6. The van der Waals surface area contributed by atoms with Crippen molar-refractivity contribution in [2.75, 3.05) is 0 Å². The first-order valence-electron chi connectivity index (χ1n) is 7.92. The van der Waals surface area contributed by atoms with Crippen LogP contribution in [0.1, 0.15) is 46.4 Å². The molecule has 2 heterocycles. The maximum Gasteiger partial charge on any atom is 0.223 e. The summed E-state index contributed by atoms with van der Waals surface area (Å²) < 4.78 is 6.57. The third-order valence-electron chi connectivity index (χ3n) is 4.52. The van der Waals surface area contributed by atoms with Gasteiger partial charge in [-0.1, -0.05) is 17.3 Å². The molecule has 4 rings (SSSR count). The number of nitrogens with zero attached hydrogens (tertiary/aromatic N) is 5. The Hall–Kier alpha value is -2.83. The van der Waals surface area contributed by atoms with Crippen molar-refractivity contribution in [3.8, 4) is 11.4 Å². The number of rotatable bonds is 4. The zero-order chi connectivity index (χ0) is 16.7. The average Bonchev–Trinajstić information content (AvgIpc) is 3.27. The predicted molar refractivity (Wildman–Crippen MR) is 85.5 cm³/mol. The summed E-state index contributed by atoms with van der Waals surface area (Å²) in [5.74, 6) is 1.84. The number of aromatic nitrogens is 5. The number of benzene rings is 1. The Labute approximate surface area is 138 Å². The number of Topliss-reactive ketones (excluding diaryl/α,β-unsaturated/α-hetero) is 1. The van der Waals surface area contributed by atoms with Gasteiger partial charge in [-0.25, -0.2) is 9.67 Å². The molecule has 2 aromatic heterocycles. The summed E-state index contributed by atoms with van der Waals surface area (Å²) in [4.78, 5) is 20.7. The van der Waals surface area contributed by atoms with E-state index in [-0.39, 0.29) is 11.7 Å². The lowest BCUT2D eigenvalue weighted by molar-refractivity contribution is 0.0959. The highest BCUT2D eigenvalue weighted by molar-refractivity contribution is 5.93. The second kappa shape index (κ2) is 5.67. The van der Waals surface area contributed by atoms with Gasteiger partial charge in [-0.15, -0.1) is 0 Å². The summed E-state index contributed by atoms with van der Waals surface area (Å²) in [6.45, 7) is 1.78. The Morgan fingerprint density at radius 1 is 1.42 bits per heavy atom. The third kappa shape index (κ3) is 2.51. The minimum atomic E-state index is 0.0331. The Kier molecular flexibility index (Phi) is 3.48.